The maximum absolute atomic E-state index is 12.8. The Morgan fingerprint density at radius 3 is 2.40 bits per heavy atom. The molecule has 160 valence electrons. The first-order valence-electron chi connectivity index (χ1n) is 9.22. The predicted molar refractivity (Wildman–Crippen MR) is 108 cm³/mol. The number of nitro groups is 1. The third-order valence-electron chi connectivity index (χ3n) is 4.30. The number of hydrogen-bond donors (Lipinski definition) is 0. The van der Waals surface area contributed by atoms with Crippen molar-refractivity contribution in [2.45, 2.75) is 43.7 Å². The molecule has 30 heavy (non-hydrogen) atoms. The molecule has 10 heteroatoms. The van der Waals surface area contributed by atoms with Crippen molar-refractivity contribution in [3.05, 3.63) is 64.2 Å². The fourth-order valence-electron chi connectivity index (χ4n) is 2.91. The SMILES string of the molecule is CC(C)(C)OC(=O)Oc1ccc(CC2CN2S(=O)(=O)c2ccccc2[N+](=O)[O-])cc1. The van der Waals surface area contributed by atoms with Crippen molar-refractivity contribution in [1.29, 1.82) is 0 Å². The molecule has 1 aliphatic heterocycles. The van der Waals surface area contributed by atoms with E-state index in [2.05, 4.69) is 0 Å². The van der Waals surface area contributed by atoms with Crippen LogP contribution in [0, 0.1) is 10.1 Å². The van der Waals surface area contributed by atoms with Gasteiger partial charge in [-0.25, -0.2) is 13.2 Å². The first-order chi connectivity index (χ1) is 14.0. The second-order valence-electron chi connectivity index (χ2n) is 7.87. The number of nitrogens with zero attached hydrogens (tertiary/aromatic N) is 2. The van der Waals surface area contributed by atoms with Gasteiger partial charge in [-0.2, -0.15) is 4.31 Å². The number of hydrogen-bond acceptors (Lipinski definition) is 7. The second kappa shape index (κ2) is 8.04. The van der Waals surface area contributed by atoms with Gasteiger partial charge >= 0.3 is 6.16 Å². The van der Waals surface area contributed by atoms with E-state index in [1.54, 1.807) is 45.0 Å². The molecule has 0 N–H and O–H groups in total. The lowest BCUT2D eigenvalue weighted by molar-refractivity contribution is -0.387. The molecule has 2 aromatic rings. The Morgan fingerprint density at radius 1 is 1.17 bits per heavy atom. The van der Waals surface area contributed by atoms with Crippen LogP contribution in [0.1, 0.15) is 26.3 Å². The fourth-order valence-corrected chi connectivity index (χ4v) is 4.65. The number of para-hydroxylation sites is 1. The Morgan fingerprint density at radius 2 is 1.80 bits per heavy atom. The minimum Gasteiger partial charge on any atom is -0.428 e. The number of carbonyl (C=O) groups excluding carboxylic acids is 1. The van der Waals surface area contributed by atoms with Crippen LogP contribution in [-0.4, -0.2) is 42.0 Å². The van der Waals surface area contributed by atoms with Crippen LogP contribution < -0.4 is 4.74 Å². The molecule has 1 aliphatic rings. The molecule has 2 unspecified atom stereocenters. The highest BCUT2D eigenvalue weighted by molar-refractivity contribution is 7.89. The van der Waals surface area contributed by atoms with Gasteiger partial charge in [0.2, 0.25) is 10.0 Å². The minimum absolute atomic E-state index is 0.282. The zero-order chi connectivity index (χ0) is 22.1. The zero-order valence-corrected chi connectivity index (χ0v) is 17.6. The number of ether oxygens (including phenoxy) is 2. The summed E-state index contributed by atoms with van der Waals surface area (Å²) in [6, 6.07) is 11.7. The van der Waals surface area contributed by atoms with Crippen molar-refractivity contribution in [3.8, 4) is 5.75 Å². The van der Waals surface area contributed by atoms with E-state index in [0.717, 1.165) is 5.56 Å². The quantitative estimate of drug-likeness (QED) is 0.224. The lowest BCUT2D eigenvalue weighted by Crippen LogP contribution is -2.25. The average molecular weight is 434 g/mol. The van der Waals surface area contributed by atoms with Gasteiger partial charge in [0.25, 0.3) is 5.69 Å². The van der Waals surface area contributed by atoms with Crippen LogP contribution in [0.4, 0.5) is 10.5 Å². The minimum atomic E-state index is -3.95. The van der Waals surface area contributed by atoms with E-state index in [9.17, 15) is 23.3 Å². The summed E-state index contributed by atoms with van der Waals surface area (Å²) >= 11 is 0. The summed E-state index contributed by atoms with van der Waals surface area (Å²) in [7, 11) is -3.95. The topological polar surface area (TPSA) is 116 Å². The van der Waals surface area contributed by atoms with E-state index < -0.39 is 32.4 Å². The molecule has 1 saturated heterocycles. The van der Waals surface area contributed by atoms with E-state index in [1.165, 1.54) is 28.6 Å². The number of carbonyl (C=O) groups is 1. The first kappa shape index (κ1) is 21.7. The standard InChI is InChI=1S/C20H22N2O7S/c1-20(2,3)29-19(23)28-16-10-8-14(9-11-16)12-15-13-21(15)30(26,27)18-7-5-4-6-17(18)22(24)25/h4-11,15H,12-13H2,1-3H3. The Balaban J connectivity index is 1.63. The molecule has 9 nitrogen and oxygen atoms in total. The van der Waals surface area contributed by atoms with Crippen LogP contribution >= 0.6 is 0 Å². The molecule has 1 fully saturated rings. The molecular weight excluding hydrogens is 412 g/mol. The molecule has 2 atom stereocenters. The third kappa shape index (κ3) is 5.14. The van der Waals surface area contributed by atoms with Crippen LogP contribution in [0.3, 0.4) is 0 Å². The van der Waals surface area contributed by atoms with E-state index in [4.69, 9.17) is 9.47 Å². The van der Waals surface area contributed by atoms with Gasteiger partial charge in [0.15, 0.2) is 4.90 Å². The Hall–Kier alpha value is -2.98. The maximum Gasteiger partial charge on any atom is 0.514 e. The fraction of sp³-hybridized carbons (Fsp3) is 0.350. The van der Waals surface area contributed by atoms with Gasteiger partial charge in [-0.05, 0) is 51.0 Å². The molecule has 1 heterocycles. The summed E-state index contributed by atoms with van der Waals surface area (Å²) in [6.07, 6.45) is -0.369. The molecule has 0 bridgehead atoms. The average Bonchev–Trinajstić information content (AvgIpc) is 3.42. The summed E-state index contributed by atoms with van der Waals surface area (Å²) in [5, 5.41) is 11.1. The van der Waals surface area contributed by atoms with Crippen molar-refractivity contribution in [1.82, 2.24) is 4.31 Å². The highest BCUT2D eigenvalue weighted by Crippen LogP contribution is 2.34. The summed E-state index contributed by atoms with van der Waals surface area (Å²) in [5.74, 6) is 0.313. The van der Waals surface area contributed by atoms with Crippen molar-refractivity contribution in [2.75, 3.05) is 6.54 Å². The second-order valence-corrected chi connectivity index (χ2v) is 9.73. The molecule has 2 aromatic carbocycles. The van der Waals surface area contributed by atoms with Crippen molar-refractivity contribution in [2.24, 2.45) is 0 Å². The van der Waals surface area contributed by atoms with Crippen LogP contribution in [-0.2, 0) is 21.2 Å². The predicted octanol–water partition coefficient (Wildman–Crippen LogP) is 3.52. The summed E-state index contributed by atoms with van der Waals surface area (Å²) in [5.41, 5.74) is -0.255. The lowest BCUT2D eigenvalue weighted by atomic mass is 10.1. The van der Waals surface area contributed by atoms with Gasteiger partial charge in [0.05, 0.1) is 4.92 Å². The molecule has 0 radical (unpaired) electrons. The van der Waals surface area contributed by atoms with E-state index in [-0.39, 0.29) is 17.5 Å². The third-order valence-corrected chi connectivity index (χ3v) is 6.26. The lowest BCUT2D eigenvalue weighted by Gasteiger charge is -2.18. The Kier molecular flexibility index (Phi) is 5.82. The van der Waals surface area contributed by atoms with Gasteiger partial charge in [0, 0.05) is 18.7 Å². The zero-order valence-electron chi connectivity index (χ0n) is 16.8. The molecular formula is C20H22N2O7S. The Bertz CT molecular complexity index is 1060. The molecule has 0 spiro atoms. The van der Waals surface area contributed by atoms with Gasteiger partial charge in [-0.3, -0.25) is 10.1 Å². The summed E-state index contributed by atoms with van der Waals surface area (Å²) < 4.78 is 36.9. The number of benzene rings is 2. The number of nitro benzene ring substituents is 1. The molecule has 0 saturated carbocycles. The smallest absolute Gasteiger partial charge is 0.428 e. The highest BCUT2D eigenvalue weighted by Gasteiger charge is 2.46. The highest BCUT2D eigenvalue weighted by atomic mass is 32.2. The van der Waals surface area contributed by atoms with E-state index in [0.29, 0.717) is 12.2 Å². The van der Waals surface area contributed by atoms with Gasteiger partial charge in [-0.15, -0.1) is 0 Å². The molecule has 0 aliphatic carbocycles. The number of sulfonamides is 1. The van der Waals surface area contributed by atoms with Gasteiger partial charge in [-0.1, -0.05) is 24.3 Å². The first-order valence-corrected chi connectivity index (χ1v) is 10.7. The normalized spacial score (nSPS) is 18.5. The van der Waals surface area contributed by atoms with Crippen molar-refractivity contribution < 1.29 is 27.6 Å². The van der Waals surface area contributed by atoms with E-state index in [1.807, 2.05) is 0 Å². The van der Waals surface area contributed by atoms with E-state index >= 15 is 0 Å². The molecule has 3 rings (SSSR count). The van der Waals surface area contributed by atoms with Gasteiger partial charge < -0.3 is 9.47 Å². The monoisotopic (exact) mass is 434 g/mol. The van der Waals surface area contributed by atoms with Crippen LogP contribution in [0.15, 0.2) is 53.4 Å². The maximum atomic E-state index is 12.8. The van der Waals surface area contributed by atoms with Crippen molar-refractivity contribution in [3.63, 3.8) is 0 Å². The summed E-state index contributed by atoms with van der Waals surface area (Å²) in [4.78, 5) is 21.8. The van der Waals surface area contributed by atoms with Crippen LogP contribution in [0.2, 0.25) is 0 Å². The molecule has 0 aromatic heterocycles. The summed E-state index contributed by atoms with van der Waals surface area (Å²) in [6.45, 7) is 5.48. The number of rotatable bonds is 6. The van der Waals surface area contributed by atoms with Gasteiger partial charge in [0.1, 0.15) is 11.4 Å². The van der Waals surface area contributed by atoms with Crippen LogP contribution in [0.5, 0.6) is 5.75 Å². The van der Waals surface area contributed by atoms with Crippen molar-refractivity contribution >= 4 is 21.9 Å². The largest absolute Gasteiger partial charge is 0.514 e. The molecule has 0 amide bonds. The Labute approximate surface area is 174 Å². The van der Waals surface area contributed by atoms with Crippen LogP contribution in [0.25, 0.3) is 0 Å².